The van der Waals surface area contributed by atoms with Gasteiger partial charge in [-0.25, -0.2) is 8.42 Å². The van der Waals surface area contributed by atoms with Crippen molar-refractivity contribution in [2.24, 2.45) is 0 Å². The van der Waals surface area contributed by atoms with Crippen molar-refractivity contribution in [3.63, 3.8) is 0 Å². The van der Waals surface area contributed by atoms with E-state index in [0.717, 1.165) is 6.42 Å². The second kappa shape index (κ2) is 8.75. The summed E-state index contributed by atoms with van der Waals surface area (Å²) in [7, 11) is -3.65. The molecule has 0 aliphatic carbocycles. The maximum atomic E-state index is 12.8. The average molecular weight is 381 g/mol. The van der Waals surface area contributed by atoms with E-state index in [4.69, 9.17) is 0 Å². The number of Topliss-reactive ketones (excluding diaryl/α,β-unsaturated/α-hetero) is 1. The van der Waals surface area contributed by atoms with Gasteiger partial charge in [0, 0.05) is 38.3 Å². The molecule has 1 unspecified atom stereocenters. The van der Waals surface area contributed by atoms with Crippen LogP contribution >= 0.6 is 0 Å². The molecule has 1 aromatic carbocycles. The van der Waals surface area contributed by atoms with Crippen LogP contribution in [0.1, 0.15) is 37.6 Å². The van der Waals surface area contributed by atoms with Crippen LogP contribution < -0.4 is 5.32 Å². The van der Waals surface area contributed by atoms with E-state index in [1.807, 2.05) is 18.7 Å². The maximum absolute atomic E-state index is 12.8. The number of amides is 1. The van der Waals surface area contributed by atoms with Gasteiger partial charge in [-0.3, -0.25) is 14.5 Å². The Morgan fingerprint density at radius 2 is 1.85 bits per heavy atom. The largest absolute Gasteiger partial charge is 0.355 e. The summed E-state index contributed by atoms with van der Waals surface area (Å²) in [6.45, 7) is 7.51. The lowest BCUT2D eigenvalue weighted by molar-refractivity contribution is -0.126. The maximum Gasteiger partial charge on any atom is 0.243 e. The fourth-order valence-corrected chi connectivity index (χ4v) is 4.39. The molecule has 1 aliphatic rings. The number of benzene rings is 1. The molecule has 0 radical (unpaired) electrons. The molecule has 1 aliphatic heterocycles. The van der Waals surface area contributed by atoms with Crippen LogP contribution in [0.3, 0.4) is 0 Å². The second-order valence-corrected chi connectivity index (χ2v) is 8.43. The van der Waals surface area contributed by atoms with Crippen molar-refractivity contribution in [3.8, 4) is 0 Å². The zero-order valence-electron chi connectivity index (χ0n) is 15.6. The third-order valence-corrected chi connectivity index (χ3v) is 6.52. The van der Waals surface area contributed by atoms with Crippen molar-refractivity contribution < 1.29 is 18.0 Å². The molecule has 0 saturated carbocycles. The van der Waals surface area contributed by atoms with E-state index in [9.17, 15) is 18.0 Å². The van der Waals surface area contributed by atoms with Crippen LogP contribution in [-0.4, -0.2) is 68.1 Å². The number of hydrogen-bond acceptors (Lipinski definition) is 5. The highest BCUT2D eigenvalue weighted by atomic mass is 32.2. The summed E-state index contributed by atoms with van der Waals surface area (Å²) < 4.78 is 27.1. The minimum atomic E-state index is -3.65. The number of nitrogens with zero attached hydrogens (tertiary/aromatic N) is 2. The predicted molar refractivity (Wildman–Crippen MR) is 99.5 cm³/mol. The first-order valence-electron chi connectivity index (χ1n) is 8.90. The van der Waals surface area contributed by atoms with Crippen molar-refractivity contribution in [2.45, 2.75) is 38.1 Å². The highest BCUT2D eigenvalue weighted by molar-refractivity contribution is 7.89. The predicted octanol–water partition coefficient (Wildman–Crippen LogP) is 1.11. The summed E-state index contributed by atoms with van der Waals surface area (Å²) in [5, 5.41) is 2.87. The minimum absolute atomic E-state index is 0.0303. The number of sulfonamides is 1. The zero-order valence-corrected chi connectivity index (χ0v) is 16.4. The quantitative estimate of drug-likeness (QED) is 0.715. The summed E-state index contributed by atoms with van der Waals surface area (Å²) in [4.78, 5) is 25.7. The summed E-state index contributed by atoms with van der Waals surface area (Å²) in [6.07, 6.45) is 0.879. The Morgan fingerprint density at radius 3 is 2.42 bits per heavy atom. The third-order valence-electron chi connectivity index (χ3n) is 4.63. The molecular weight excluding hydrogens is 354 g/mol. The lowest BCUT2D eigenvalue weighted by Gasteiger charge is -2.36. The Hall–Kier alpha value is -1.77. The molecule has 1 heterocycles. The molecule has 1 fully saturated rings. The first kappa shape index (κ1) is 20.5. The van der Waals surface area contributed by atoms with E-state index in [1.54, 1.807) is 12.1 Å². The van der Waals surface area contributed by atoms with E-state index < -0.39 is 10.0 Å². The monoisotopic (exact) mass is 381 g/mol. The van der Waals surface area contributed by atoms with Crippen LogP contribution in [0.2, 0.25) is 0 Å². The van der Waals surface area contributed by atoms with Gasteiger partial charge in [0.1, 0.15) is 0 Å². The molecule has 8 heteroatoms. The fourth-order valence-electron chi connectivity index (χ4n) is 2.92. The highest BCUT2D eigenvalue weighted by Crippen LogP contribution is 2.20. The SMILES string of the molecule is CCCNC(=O)C(C)N1CCN(S(=O)(=O)c2cccc(C(C)=O)c2)CC1. The fraction of sp³-hybridized carbons (Fsp3) is 0.556. The van der Waals surface area contributed by atoms with Crippen molar-refractivity contribution in [3.05, 3.63) is 29.8 Å². The molecule has 2 rings (SSSR count). The van der Waals surface area contributed by atoms with Gasteiger partial charge in [0.05, 0.1) is 10.9 Å². The first-order valence-corrected chi connectivity index (χ1v) is 10.3. The van der Waals surface area contributed by atoms with Crippen molar-refractivity contribution in [1.29, 1.82) is 0 Å². The van der Waals surface area contributed by atoms with Crippen molar-refractivity contribution in [1.82, 2.24) is 14.5 Å². The smallest absolute Gasteiger partial charge is 0.243 e. The Balaban J connectivity index is 2.03. The molecule has 26 heavy (non-hydrogen) atoms. The van der Waals surface area contributed by atoms with Gasteiger partial charge >= 0.3 is 0 Å². The van der Waals surface area contributed by atoms with Gasteiger partial charge in [0.2, 0.25) is 15.9 Å². The zero-order chi connectivity index (χ0) is 19.3. The number of nitrogens with one attached hydrogen (secondary N) is 1. The summed E-state index contributed by atoms with van der Waals surface area (Å²) >= 11 is 0. The molecule has 1 aromatic rings. The van der Waals surface area contributed by atoms with Crippen LogP contribution in [0.4, 0.5) is 0 Å². The number of carbonyl (C=O) groups excluding carboxylic acids is 2. The molecule has 1 saturated heterocycles. The molecule has 1 atom stereocenters. The summed E-state index contributed by atoms with van der Waals surface area (Å²) in [5.41, 5.74) is 0.380. The lowest BCUT2D eigenvalue weighted by Crippen LogP contribution is -2.54. The van der Waals surface area contributed by atoms with Crippen LogP contribution in [-0.2, 0) is 14.8 Å². The number of hydrogen-bond donors (Lipinski definition) is 1. The van der Waals surface area contributed by atoms with E-state index in [2.05, 4.69) is 5.32 Å². The van der Waals surface area contributed by atoms with Gasteiger partial charge in [0.15, 0.2) is 5.78 Å². The van der Waals surface area contributed by atoms with Crippen LogP contribution in [0.25, 0.3) is 0 Å². The Kier molecular flexibility index (Phi) is 6.91. The molecule has 1 N–H and O–H groups in total. The van der Waals surface area contributed by atoms with Gasteiger partial charge in [-0.15, -0.1) is 0 Å². The molecule has 0 aromatic heterocycles. The topological polar surface area (TPSA) is 86.8 Å². The van der Waals surface area contributed by atoms with Crippen molar-refractivity contribution in [2.75, 3.05) is 32.7 Å². The number of piperazine rings is 1. The standard InChI is InChI=1S/C18H27N3O4S/c1-4-8-19-18(23)14(2)20-9-11-21(12-10-20)26(24,25)17-7-5-6-16(13-17)15(3)22/h5-7,13-14H,4,8-12H2,1-3H3,(H,19,23). The number of carbonyl (C=O) groups is 2. The van der Waals surface area contributed by atoms with E-state index in [1.165, 1.54) is 23.4 Å². The minimum Gasteiger partial charge on any atom is -0.355 e. The Bertz CT molecular complexity index is 755. The summed E-state index contributed by atoms with van der Waals surface area (Å²) in [5.74, 6) is -0.198. The van der Waals surface area contributed by atoms with Crippen LogP contribution in [0, 0.1) is 0 Å². The third kappa shape index (κ3) is 4.69. The Labute approximate surface area is 155 Å². The van der Waals surface area contributed by atoms with E-state index >= 15 is 0 Å². The number of ketones is 1. The van der Waals surface area contributed by atoms with Gasteiger partial charge in [0.25, 0.3) is 0 Å². The van der Waals surface area contributed by atoms with E-state index in [-0.39, 0.29) is 22.6 Å². The highest BCUT2D eigenvalue weighted by Gasteiger charge is 2.31. The normalized spacial score (nSPS) is 17.7. The van der Waals surface area contributed by atoms with Gasteiger partial charge in [-0.05, 0) is 32.4 Å². The van der Waals surface area contributed by atoms with Gasteiger partial charge in [-0.1, -0.05) is 19.1 Å². The van der Waals surface area contributed by atoms with E-state index in [0.29, 0.717) is 38.3 Å². The Morgan fingerprint density at radius 1 is 1.19 bits per heavy atom. The van der Waals surface area contributed by atoms with Gasteiger partial charge in [-0.2, -0.15) is 4.31 Å². The average Bonchev–Trinajstić information content (AvgIpc) is 2.65. The molecule has 1 amide bonds. The molecule has 144 valence electrons. The van der Waals surface area contributed by atoms with Crippen LogP contribution in [0.15, 0.2) is 29.2 Å². The lowest BCUT2D eigenvalue weighted by atomic mass is 10.2. The molecule has 0 bridgehead atoms. The van der Waals surface area contributed by atoms with Crippen molar-refractivity contribution >= 4 is 21.7 Å². The molecule has 0 spiro atoms. The number of rotatable bonds is 7. The van der Waals surface area contributed by atoms with Gasteiger partial charge < -0.3 is 5.32 Å². The molecular formula is C18H27N3O4S. The summed E-state index contributed by atoms with van der Waals surface area (Å²) in [6, 6.07) is 5.84. The first-order chi connectivity index (χ1) is 12.3. The van der Waals surface area contributed by atoms with Crippen LogP contribution in [0.5, 0.6) is 0 Å². The molecule has 7 nitrogen and oxygen atoms in total. The second-order valence-electron chi connectivity index (χ2n) is 6.49.